The van der Waals surface area contributed by atoms with Crippen molar-refractivity contribution in [3.63, 3.8) is 0 Å². The van der Waals surface area contributed by atoms with Gasteiger partial charge in [-0.3, -0.25) is 0 Å². The first-order valence-corrected chi connectivity index (χ1v) is 8.25. The van der Waals surface area contributed by atoms with Gasteiger partial charge in [-0.15, -0.1) is 0 Å². The summed E-state index contributed by atoms with van der Waals surface area (Å²) in [7, 11) is 0. The summed E-state index contributed by atoms with van der Waals surface area (Å²) in [6.45, 7) is 0. The second kappa shape index (κ2) is 5.52. The molecule has 0 heteroatoms. The smallest absolute Gasteiger partial charge is 0.00934 e. The fraction of sp³-hybridized carbons (Fsp3) is 0.333. The van der Waals surface area contributed by atoms with E-state index in [1.165, 1.54) is 36.8 Å². The quantitative estimate of drug-likeness (QED) is 0.633. The molecule has 0 bridgehead atoms. The number of fused-ring (bicyclic) bond motifs is 1. The molecule has 3 atom stereocenters. The van der Waals surface area contributed by atoms with Crippen LogP contribution in [-0.2, 0) is 0 Å². The summed E-state index contributed by atoms with van der Waals surface area (Å²) in [6, 6.07) is 21.8. The highest BCUT2D eigenvalue weighted by molar-refractivity contribution is 5.84. The molecule has 1 unspecified atom stereocenters. The largest absolute Gasteiger partial charge is 0.0622 e. The Kier molecular flexibility index (Phi) is 3.39. The van der Waals surface area contributed by atoms with Crippen LogP contribution in [-0.4, -0.2) is 0 Å². The Labute approximate surface area is 127 Å². The Morgan fingerprint density at radius 1 is 0.762 bits per heavy atom. The van der Waals surface area contributed by atoms with Crippen molar-refractivity contribution in [3.05, 3.63) is 71.8 Å². The average Bonchev–Trinajstić information content (AvgIpc) is 3.29. The molecule has 2 saturated carbocycles. The van der Waals surface area contributed by atoms with Crippen molar-refractivity contribution in [2.24, 2.45) is 17.8 Å². The molecule has 0 N–H and O–H groups in total. The maximum absolute atomic E-state index is 2.43. The number of allylic oxidation sites excluding steroid dienone is 1. The zero-order valence-corrected chi connectivity index (χ0v) is 12.4. The summed E-state index contributed by atoms with van der Waals surface area (Å²) < 4.78 is 0. The van der Waals surface area contributed by atoms with Gasteiger partial charge in [-0.05, 0) is 47.3 Å². The third-order valence-electron chi connectivity index (χ3n) is 5.24. The molecule has 0 saturated heterocycles. The van der Waals surface area contributed by atoms with Crippen LogP contribution < -0.4 is 0 Å². The molecule has 0 aromatic heterocycles. The van der Waals surface area contributed by atoms with Gasteiger partial charge in [0.1, 0.15) is 0 Å². The minimum Gasteiger partial charge on any atom is -0.0622 e. The van der Waals surface area contributed by atoms with E-state index in [4.69, 9.17) is 0 Å². The molecule has 0 radical (unpaired) electrons. The SMILES string of the molecule is C(=C(/c1ccccc1)C1[C@H]2CCCC[C@@H]12)/c1ccccc1. The van der Waals surface area contributed by atoms with Crippen molar-refractivity contribution >= 4 is 11.6 Å². The Balaban J connectivity index is 1.72. The topological polar surface area (TPSA) is 0 Å². The van der Waals surface area contributed by atoms with Crippen LogP contribution in [0, 0.1) is 17.8 Å². The average molecular weight is 274 g/mol. The first-order valence-electron chi connectivity index (χ1n) is 8.25. The standard InChI is InChI=1S/C21H22/c1-3-9-16(10-4-1)15-20(17-11-5-2-6-12-17)21-18-13-7-8-14-19(18)21/h1-6,9-12,15,18-19,21H,7-8,13-14H2/b20-15+/t18-,19+,21?. The van der Waals surface area contributed by atoms with Crippen LogP contribution in [0.4, 0.5) is 0 Å². The maximum atomic E-state index is 2.43. The minimum absolute atomic E-state index is 0.801. The van der Waals surface area contributed by atoms with Gasteiger partial charge in [0.05, 0.1) is 0 Å². The highest BCUT2D eigenvalue weighted by Crippen LogP contribution is 2.61. The highest BCUT2D eigenvalue weighted by Gasteiger charge is 2.52. The molecule has 0 nitrogen and oxygen atoms in total. The second-order valence-corrected chi connectivity index (χ2v) is 6.51. The number of rotatable bonds is 3. The summed E-state index contributed by atoms with van der Waals surface area (Å²) in [6.07, 6.45) is 8.18. The molecule has 0 amide bonds. The lowest BCUT2D eigenvalue weighted by Crippen LogP contribution is -1.91. The summed E-state index contributed by atoms with van der Waals surface area (Å²) in [5.41, 5.74) is 4.32. The summed E-state index contributed by atoms with van der Waals surface area (Å²) in [5, 5.41) is 0. The molecular formula is C21H22. The Hall–Kier alpha value is -1.82. The first-order chi connectivity index (χ1) is 10.4. The van der Waals surface area contributed by atoms with Crippen molar-refractivity contribution in [2.45, 2.75) is 25.7 Å². The predicted octanol–water partition coefficient (Wildman–Crippen LogP) is 5.66. The normalized spacial score (nSPS) is 28.0. The van der Waals surface area contributed by atoms with Crippen molar-refractivity contribution in [3.8, 4) is 0 Å². The van der Waals surface area contributed by atoms with E-state index < -0.39 is 0 Å². The van der Waals surface area contributed by atoms with Gasteiger partial charge in [-0.25, -0.2) is 0 Å². The maximum Gasteiger partial charge on any atom is -0.00934 e. The lowest BCUT2D eigenvalue weighted by molar-refractivity contribution is 0.480. The number of hydrogen-bond acceptors (Lipinski definition) is 0. The van der Waals surface area contributed by atoms with Crippen LogP contribution in [0.2, 0.25) is 0 Å². The van der Waals surface area contributed by atoms with E-state index >= 15 is 0 Å². The van der Waals surface area contributed by atoms with Gasteiger partial charge in [-0.2, -0.15) is 0 Å². The van der Waals surface area contributed by atoms with Crippen LogP contribution in [0.3, 0.4) is 0 Å². The summed E-state index contributed by atoms with van der Waals surface area (Å²) in [5.74, 6) is 2.71. The molecule has 2 aliphatic carbocycles. The molecule has 106 valence electrons. The zero-order chi connectivity index (χ0) is 14.1. The minimum atomic E-state index is 0.801. The van der Waals surface area contributed by atoms with Crippen molar-refractivity contribution in [2.75, 3.05) is 0 Å². The fourth-order valence-corrected chi connectivity index (χ4v) is 4.19. The molecule has 2 aromatic carbocycles. The molecule has 2 fully saturated rings. The molecule has 21 heavy (non-hydrogen) atoms. The van der Waals surface area contributed by atoms with E-state index in [1.807, 2.05) is 0 Å². The van der Waals surface area contributed by atoms with E-state index in [-0.39, 0.29) is 0 Å². The van der Waals surface area contributed by atoms with Gasteiger partial charge >= 0.3 is 0 Å². The molecule has 0 aliphatic heterocycles. The van der Waals surface area contributed by atoms with Crippen molar-refractivity contribution < 1.29 is 0 Å². The van der Waals surface area contributed by atoms with Crippen LogP contribution >= 0.6 is 0 Å². The number of hydrogen-bond donors (Lipinski definition) is 0. The van der Waals surface area contributed by atoms with Crippen LogP contribution in [0.25, 0.3) is 11.6 Å². The Bertz CT molecular complexity index is 612. The fourth-order valence-electron chi connectivity index (χ4n) is 4.19. The Morgan fingerprint density at radius 3 is 1.95 bits per heavy atom. The van der Waals surface area contributed by atoms with Crippen LogP contribution in [0.1, 0.15) is 36.8 Å². The van der Waals surface area contributed by atoms with Gasteiger partial charge in [0.2, 0.25) is 0 Å². The van der Waals surface area contributed by atoms with Gasteiger partial charge in [0, 0.05) is 0 Å². The zero-order valence-electron chi connectivity index (χ0n) is 12.4. The number of benzene rings is 2. The molecule has 0 heterocycles. The summed E-state index contributed by atoms with van der Waals surface area (Å²) in [4.78, 5) is 0. The lowest BCUT2D eigenvalue weighted by Gasteiger charge is -2.08. The van der Waals surface area contributed by atoms with Gasteiger partial charge < -0.3 is 0 Å². The third-order valence-corrected chi connectivity index (χ3v) is 5.24. The lowest BCUT2D eigenvalue weighted by atomic mass is 9.96. The highest BCUT2D eigenvalue weighted by atomic mass is 14.6. The Morgan fingerprint density at radius 2 is 1.33 bits per heavy atom. The molecule has 2 aliphatic rings. The van der Waals surface area contributed by atoms with E-state index in [2.05, 4.69) is 66.7 Å². The van der Waals surface area contributed by atoms with E-state index in [0.29, 0.717) is 0 Å². The van der Waals surface area contributed by atoms with Crippen LogP contribution in [0.5, 0.6) is 0 Å². The first kappa shape index (κ1) is 12.9. The molecular weight excluding hydrogens is 252 g/mol. The molecule has 4 rings (SSSR count). The van der Waals surface area contributed by atoms with Gasteiger partial charge in [0.25, 0.3) is 0 Å². The van der Waals surface area contributed by atoms with E-state index in [0.717, 1.165) is 17.8 Å². The predicted molar refractivity (Wildman–Crippen MR) is 89.7 cm³/mol. The third kappa shape index (κ3) is 2.55. The van der Waals surface area contributed by atoms with E-state index in [9.17, 15) is 0 Å². The van der Waals surface area contributed by atoms with Crippen LogP contribution in [0.15, 0.2) is 60.7 Å². The van der Waals surface area contributed by atoms with Gasteiger partial charge in [-0.1, -0.05) is 79.6 Å². The van der Waals surface area contributed by atoms with Gasteiger partial charge in [0.15, 0.2) is 0 Å². The summed E-state index contributed by atoms with van der Waals surface area (Å²) >= 11 is 0. The van der Waals surface area contributed by atoms with E-state index in [1.54, 1.807) is 5.57 Å². The molecule has 0 spiro atoms. The van der Waals surface area contributed by atoms with Crippen molar-refractivity contribution in [1.82, 2.24) is 0 Å². The second-order valence-electron chi connectivity index (χ2n) is 6.51. The van der Waals surface area contributed by atoms with Crippen molar-refractivity contribution in [1.29, 1.82) is 0 Å². The monoisotopic (exact) mass is 274 g/mol. The molecule has 2 aromatic rings.